The predicted molar refractivity (Wildman–Crippen MR) is 76.6 cm³/mol. The Labute approximate surface area is 112 Å². The largest absolute Gasteiger partial charge is 0.390 e. The van der Waals surface area contributed by atoms with Crippen LogP contribution in [0, 0.1) is 0 Å². The maximum absolute atomic E-state index is 10.4. The van der Waals surface area contributed by atoms with Crippen LogP contribution in [0.2, 0.25) is 0 Å². The molecule has 2 unspecified atom stereocenters. The third-order valence-electron chi connectivity index (χ3n) is 4.24. The first-order valence-electron chi connectivity index (χ1n) is 7.73. The zero-order chi connectivity index (χ0) is 13.3. The molecule has 0 bridgehead atoms. The van der Waals surface area contributed by atoms with Gasteiger partial charge in [-0.1, -0.05) is 70.3 Å². The van der Waals surface area contributed by atoms with Crippen LogP contribution in [0.1, 0.15) is 77.0 Å². The molecule has 1 saturated carbocycles. The van der Waals surface area contributed by atoms with E-state index in [9.17, 15) is 10.2 Å². The molecule has 0 aromatic heterocycles. The summed E-state index contributed by atoms with van der Waals surface area (Å²) in [4.78, 5) is 0. The minimum atomic E-state index is -1.07. The first-order chi connectivity index (χ1) is 8.69. The van der Waals surface area contributed by atoms with Crippen LogP contribution in [0.15, 0.2) is 12.7 Å². The van der Waals surface area contributed by atoms with E-state index in [4.69, 9.17) is 0 Å². The number of hydrogen-bond donors (Lipinski definition) is 2. The number of hydrogen-bond acceptors (Lipinski definition) is 2. The molecule has 0 heterocycles. The molecular weight excluding hydrogens is 224 g/mol. The van der Waals surface area contributed by atoms with Crippen molar-refractivity contribution in [3.63, 3.8) is 0 Å². The lowest BCUT2D eigenvalue weighted by Gasteiger charge is -2.30. The van der Waals surface area contributed by atoms with Gasteiger partial charge in [0.25, 0.3) is 0 Å². The van der Waals surface area contributed by atoms with Crippen LogP contribution in [0.25, 0.3) is 0 Å². The van der Waals surface area contributed by atoms with E-state index in [1.807, 2.05) is 0 Å². The highest BCUT2D eigenvalue weighted by atomic mass is 16.3. The van der Waals surface area contributed by atoms with Gasteiger partial charge in [-0.15, -0.1) is 6.58 Å². The van der Waals surface area contributed by atoms with Crippen molar-refractivity contribution in [1.29, 1.82) is 0 Å². The zero-order valence-electron chi connectivity index (χ0n) is 11.7. The number of aliphatic hydroxyl groups is 2. The van der Waals surface area contributed by atoms with Crippen molar-refractivity contribution in [2.24, 2.45) is 0 Å². The van der Waals surface area contributed by atoms with Crippen LogP contribution in [-0.4, -0.2) is 21.9 Å². The van der Waals surface area contributed by atoms with Gasteiger partial charge in [-0.3, -0.25) is 0 Å². The fourth-order valence-corrected chi connectivity index (χ4v) is 2.81. The highest BCUT2D eigenvalue weighted by Crippen LogP contribution is 2.25. The highest BCUT2D eigenvalue weighted by Gasteiger charge is 2.31. The monoisotopic (exact) mass is 254 g/mol. The van der Waals surface area contributed by atoms with E-state index in [1.54, 1.807) is 6.08 Å². The van der Waals surface area contributed by atoms with Crippen molar-refractivity contribution in [1.82, 2.24) is 0 Å². The summed E-state index contributed by atoms with van der Waals surface area (Å²) in [5, 5.41) is 20.5. The second-order valence-corrected chi connectivity index (χ2v) is 5.79. The lowest BCUT2D eigenvalue weighted by Crippen LogP contribution is -2.40. The third-order valence-corrected chi connectivity index (χ3v) is 4.24. The standard InChI is InChI=1S/C16H30O2/c1-2-16(18)14-12-10-8-6-4-3-5-7-9-11-13-15(16)17/h2,15,17-18H,1,3-14H2. The second-order valence-electron chi connectivity index (χ2n) is 5.79. The molecule has 0 spiro atoms. The van der Waals surface area contributed by atoms with E-state index in [0.29, 0.717) is 12.8 Å². The smallest absolute Gasteiger partial charge is 0.108 e. The second kappa shape index (κ2) is 8.71. The van der Waals surface area contributed by atoms with E-state index < -0.39 is 11.7 Å². The van der Waals surface area contributed by atoms with Crippen LogP contribution in [0.3, 0.4) is 0 Å². The van der Waals surface area contributed by atoms with Gasteiger partial charge in [0.1, 0.15) is 5.60 Å². The molecule has 18 heavy (non-hydrogen) atoms. The van der Waals surface area contributed by atoms with Crippen LogP contribution in [-0.2, 0) is 0 Å². The first kappa shape index (κ1) is 15.7. The van der Waals surface area contributed by atoms with Gasteiger partial charge in [0.15, 0.2) is 0 Å². The van der Waals surface area contributed by atoms with Crippen LogP contribution in [0.4, 0.5) is 0 Å². The first-order valence-corrected chi connectivity index (χ1v) is 7.73. The van der Waals surface area contributed by atoms with Gasteiger partial charge < -0.3 is 10.2 Å². The van der Waals surface area contributed by atoms with Gasteiger partial charge in [0.05, 0.1) is 6.10 Å². The van der Waals surface area contributed by atoms with Crippen molar-refractivity contribution >= 4 is 0 Å². The maximum atomic E-state index is 10.4. The fourth-order valence-electron chi connectivity index (χ4n) is 2.81. The molecule has 2 nitrogen and oxygen atoms in total. The summed E-state index contributed by atoms with van der Waals surface area (Å²) in [6, 6.07) is 0. The summed E-state index contributed by atoms with van der Waals surface area (Å²) in [6.45, 7) is 3.70. The van der Waals surface area contributed by atoms with Crippen LogP contribution >= 0.6 is 0 Å². The molecule has 2 heteroatoms. The Kier molecular flexibility index (Phi) is 7.60. The molecule has 0 aromatic rings. The summed E-state index contributed by atoms with van der Waals surface area (Å²) in [5.41, 5.74) is -1.07. The topological polar surface area (TPSA) is 40.5 Å². The maximum Gasteiger partial charge on any atom is 0.108 e. The average molecular weight is 254 g/mol. The Morgan fingerprint density at radius 2 is 1.28 bits per heavy atom. The molecule has 0 radical (unpaired) electrons. The van der Waals surface area contributed by atoms with E-state index in [0.717, 1.165) is 19.3 Å². The lowest BCUT2D eigenvalue weighted by atomic mass is 9.87. The molecule has 0 aromatic carbocycles. The molecule has 1 fully saturated rings. The molecule has 0 aliphatic heterocycles. The van der Waals surface area contributed by atoms with Crippen molar-refractivity contribution in [3.05, 3.63) is 12.7 Å². The van der Waals surface area contributed by atoms with Gasteiger partial charge in [-0.2, -0.15) is 0 Å². The summed E-state index contributed by atoms with van der Waals surface area (Å²) >= 11 is 0. The van der Waals surface area contributed by atoms with Crippen LogP contribution in [0.5, 0.6) is 0 Å². The Bertz CT molecular complexity index is 227. The van der Waals surface area contributed by atoms with Gasteiger partial charge in [-0.25, -0.2) is 0 Å². The summed E-state index contributed by atoms with van der Waals surface area (Å²) in [7, 11) is 0. The third kappa shape index (κ3) is 5.53. The Hall–Kier alpha value is -0.340. The van der Waals surface area contributed by atoms with E-state index in [2.05, 4.69) is 6.58 Å². The molecule has 1 rings (SSSR count). The quantitative estimate of drug-likeness (QED) is 0.695. The Morgan fingerprint density at radius 1 is 0.833 bits per heavy atom. The van der Waals surface area contributed by atoms with Crippen LogP contribution < -0.4 is 0 Å². The molecule has 2 N–H and O–H groups in total. The number of rotatable bonds is 1. The van der Waals surface area contributed by atoms with Gasteiger partial charge in [0, 0.05) is 0 Å². The van der Waals surface area contributed by atoms with Crippen molar-refractivity contribution in [2.45, 2.75) is 88.8 Å². The minimum absolute atomic E-state index is 0.641. The van der Waals surface area contributed by atoms with Gasteiger partial charge >= 0.3 is 0 Å². The van der Waals surface area contributed by atoms with Gasteiger partial charge in [0.2, 0.25) is 0 Å². The van der Waals surface area contributed by atoms with Crippen molar-refractivity contribution in [2.75, 3.05) is 0 Å². The van der Waals surface area contributed by atoms with Gasteiger partial charge in [-0.05, 0) is 12.8 Å². The fraction of sp³-hybridized carbons (Fsp3) is 0.875. The van der Waals surface area contributed by atoms with Crippen molar-refractivity contribution < 1.29 is 10.2 Å². The Balaban J connectivity index is 2.45. The zero-order valence-corrected chi connectivity index (χ0v) is 11.7. The lowest BCUT2D eigenvalue weighted by molar-refractivity contribution is -0.0504. The molecule has 1 aliphatic carbocycles. The summed E-state index contributed by atoms with van der Waals surface area (Å²) in [6.07, 6.45) is 14.4. The molecule has 2 atom stereocenters. The molecular formula is C16H30O2. The number of aliphatic hydroxyl groups excluding tert-OH is 1. The molecule has 0 saturated heterocycles. The molecule has 1 aliphatic rings. The van der Waals surface area contributed by atoms with E-state index in [-0.39, 0.29) is 0 Å². The molecule has 0 amide bonds. The summed E-state index contributed by atoms with van der Waals surface area (Å²) in [5.74, 6) is 0. The average Bonchev–Trinajstić information content (AvgIpc) is 2.38. The van der Waals surface area contributed by atoms with E-state index in [1.165, 1.54) is 44.9 Å². The molecule has 106 valence electrons. The predicted octanol–water partition coefficient (Wildman–Crippen LogP) is 3.96. The SMILES string of the molecule is C=CC1(O)CCCCCCCCCCCCC1O. The Morgan fingerprint density at radius 3 is 1.78 bits per heavy atom. The minimum Gasteiger partial charge on any atom is -0.390 e. The van der Waals surface area contributed by atoms with Crippen molar-refractivity contribution in [3.8, 4) is 0 Å². The highest BCUT2D eigenvalue weighted by molar-refractivity contribution is 5.00. The normalized spacial score (nSPS) is 33.6. The summed E-state index contributed by atoms with van der Waals surface area (Å²) < 4.78 is 0. The van der Waals surface area contributed by atoms with E-state index >= 15 is 0 Å².